The second-order valence-electron chi connectivity index (χ2n) is 4.77. The molecule has 1 aliphatic carbocycles. The van der Waals surface area contributed by atoms with Gasteiger partial charge >= 0.3 is 0 Å². The average Bonchev–Trinajstić information content (AvgIpc) is 2.28. The van der Waals surface area contributed by atoms with E-state index < -0.39 is 0 Å². The fraction of sp³-hybridized carbons (Fsp3) is 0.571. The minimum absolute atomic E-state index is 0.200. The van der Waals surface area contributed by atoms with Gasteiger partial charge in [0.25, 0.3) is 0 Å². The summed E-state index contributed by atoms with van der Waals surface area (Å²) < 4.78 is 5.08. The number of hydrogen-bond acceptors (Lipinski definition) is 3. The number of ether oxygens (including phenoxy) is 1. The first kappa shape index (κ1) is 12.2. The van der Waals surface area contributed by atoms with Gasteiger partial charge in [-0.15, -0.1) is 0 Å². The molecule has 3 nitrogen and oxygen atoms in total. The maximum atomic E-state index is 9.47. The average molecular weight is 235 g/mol. The molecule has 94 valence electrons. The van der Waals surface area contributed by atoms with Crippen LogP contribution in [0.3, 0.4) is 0 Å². The van der Waals surface area contributed by atoms with E-state index in [-0.39, 0.29) is 5.75 Å². The lowest BCUT2D eigenvalue weighted by Gasteiger charge is -2.25. The second kappa shape index (κ2) is 5.92. The maximum Gasteiger partial charge on any atom is 0.160 e. The van der Waals surface area contributed by atoms with Gasteiger partial charge in [0, 0.05) is 6.54 Å². The van der Waals surface area contributed by atoms with Gasteiger partial charge in [0.05, 0.1) is 7.11 Å². The first-order valence-corrected chi connectivity index (χ1v) is 6.36. The maximum absolute atomic E-state index is 9.47. The van der Waals surface area contributed by atoms with E-state index in [0.717, 1.165) is 24.6 Å². The Balaban J connectivity index is 1.74. The molecule has 3 heteroatoms. The van der Waals surface area contributed by atoms with Crippen molar-refractivity contribution in [3.8, 4) is 11.5 Å². The van der Waals surface area contributed by atoms with Crippen molar-refractivity contribution in [1.82, 2.24) is 5.32 Å². The number of rotatable bonds is 6. The quantitative estimate of drug-likeness (QED) is 0.745. The van der Waals surface area contributed by atoms with Crippen LogP contribution in [0.1, 0.15) is 31.2 Å². The minimum Gasteiger partial charge on any atom is -0.504 e. The van der Waals surface area contributed by atoms with Gasteiger partial charge in [-0.1, -0.05) is 25.3 Å². The molecule has 0 aromatic heterocycles. The van der Waals surface area contributed by atoms with Crippen LogP contribution < -0.4 is 10.1 Å². The van der Waals surface area contributed by atoms with Gasteiger partial charge in [-0.2, -0.15) is 0 Å². The van der Waals surface area contributed by atoms with Crippen molar-refractivity contribution in [2.24, 2.45) is 5.92 Å². The van der Waals surface area contributed by atoms with Gasteiger partial charge < -0.3 is 15.2 Å². The zero-order chi connectivity index (χ0) is 12.1. The predicted molar refractivity (Wildman–Crippen MR) is 68.3 cm³/mol. The van der Waals surface area contributed by atoms with Crippen LogP contribution in [0, 0.1) is 5.92 Å². The summed E-state index contributed by atoms with van der Waals surface area (Å²) >= 11 is 0. The van der Waals surface area contributed by atoms with E-state index in [1.165, 1.54) is 25.7 Å². The minimum atomic E-state index is 0.200. The van der Waals surface area contributed by atoms with Gasteiger partial charge in [-0.3, -0.25) is 0 Å². The summed E-state index contributed by atoms with van der Waals surface area (Å²) in [7, 11) is 1.57. The van der Waals surface area contributed by atoms with Crippen molar-refractivity contribution < 1.29 is 9.84 Å². The summed E-state index contributed by atoms with van der Waals surface area (Å²) in [5.41, 5.74) is 1.15. The van der Waals surface area contributed by atoms with Crippen LogP contribution in [0.25, 0.3) is 0 Å². The van der Waals surface area contributed by atoms with Crippen molar-refractivity contribution in [1.29, 1.82) is 0 Å². The summed E-state index contributed by atoms with van der Waals surface area (Å²) in [5.74, 6) is 1.70. The zero-order valence-electron chi connectivity index (χ0n) is 10.4. The number of methoxy groups -OCH3 is 1. The number of phenolic OH excluding ortho intramolecular Hbond substituents is 1. The summed E-state index contributed by atoms with van der Waals surface area (Å²) in [6.45, 7) is 1.91. The Labute approximate surface area is 103 Å². The van der Waals surface area contributed by atoms with Crippen LogP contribution in [-0.2, 0) is 6.54 Å². The van der Waals surface area contributed by atoms with Gasteiger partial charge in [-0.05, 0) is 36.6 Å². The highest BCUT2D eigenvalue weighted by Gasteiger charge is 2.16. The Morgan fingerprint density at radius 1 is 1.41 bits per heavy atom. The Hall–Kier alpha value is -1.22. The molecule has 1 aromatic rings. The van der Waals surface area contributed by atoms with Crippen LogP contribution in [0.5, 0.6) is 11.5 Å². The number of nitrogens with one attached hydrogen (secondary N) is 1. The molecule has 1 fully saturated rings. The monoisotopic (exact) mass is 235 g/mol. The molecule has 0 saturated heterocycles. The van der Waals surface area contributed by atoms with E-state index in [2.05, 4.69) is 5.32 Å². The highest BCUT2D eigenvalue weighted by atomic mass is 16.5. The molecule has 0 aliphatic heterocycles. The van der Waals surface area contributed by atoms with E-state index in [0.29, 0.717) is 5.75 Å². The molecule has 17 heavy (non-hydrogen) atoms. The Kier molecular flexibility index (Phi) is 4.26. The number of hydrogen-bond donors (Lipinski definition) is 2. The third-order valence-corrected chi connectivity index (χ3v) is 3.53. The first-order chi connectivity index (χ1) is 8.29. The van der Waals surface area contributed by atoms with Gasteiger partial charge in [0.1, 0.15) is 0 Å². The Bertz CT molecular complexity index is 361. The SMILES string of the molecule is COc1cc(CNCCC2CCC2)ccc1O. The molecule has 0 bridgehead atoms. The summed E-state index contributed by atoms with van der Waals surface area (Å²) in [6, 6.07) is 5.49. The van der Waals surface area contributed by atoms with Crippen molar-refractivity contribution in [2.45, 2.75) is 32.2 Å². The fourth-order valence-corrected chi connectivity index (χ4v) is 2.15. The number of phenols is 1. The largest absolute Gasteiger partial charge is 0.504 e. The van der Waals surface area contributed by atoms with E-state index >= 15 is 0 Å². The first-order valence-electron chi connectivity index (χ1n) is 6.36. The third-order valence-electron chi connectivity index (χ3n) is 3.53. The zero-order valence-corrected chi connectivity index (χ0v) is 10.4. The molecule has 0 spiro atoms. The molecule has 2 N–H and O–H groups in total. The number of aromatic hydroxyl groups is 1. The molecule has 2 rings (SSSR count). The van der Waals surface area contributed by atoms with Crippen LogP contribution >= 0.6 is 0 Å². The van der Waals surface area contributed by atoms with Gasteiger partial charge in [-0.25, -0.2) is 0 Å². The van der Waals surface area contributed by atoms with Crippen LogP contribution in [0.4, 0.5) is 0 Å². The van der Waals surface area contributed by atoms with Crippen molar-refractivity contribution in [3.05, 3.63) is 23.8 Å². The van der Waals surface area contributed by atoms with Gasteiger partial charge in [0.2, 0.25) is 0 Å². The van der Waals surface area contributed by atoms with Crippen molar-refractivity contribution in [3.63, 3.8) is 0 Å². The lowest BCUT2D eigenvalue weighted by Crippen LogP contribution is -2.21. The van der Waals surface area contributed by atoms with Gasteiger partial charge in [0.15, 0.2) is 11.5 Å². The molecule has 0 unspecified atom stereocenters. The molecule has 1 aliphatic rings. The molecule has 1 saturated carbocycles. The summed E-state index contributed by atoms with van der Waals surface area (Å²) in [4.78, 5) is 0. The molecule has 0 radical (unpaired) electrons. The lowest BCUT2D eigenvalue weighted by atomic mass is 9.83. The Morgan fingerprint density at radius 3 is 2.88 bits per heavy atom. The van der Waals surface area contributed by atoms with Crippen molar-refractivity contribution >= 4 is 0 Å². The molecular formula is C14H21NO2. The van der Waals surface area contributed by atoms with Crippen LogP contribution in [0.2, 0.25) is 0 Å². The topological polar surface area (TPSA) is 41.5 Å². The number of benzene rings is 1. The standard InChI is InChI=1S/C14H21NO2/c1-17-14-9-12(5-6-13(14)16)10-15-8-7-11-3-2-4-11/h5-6,9,11,15-16H,2-4,7-8,10H2,1H3. The molecule has 0 atom stereocenters. The van der Waals surface area contributed by atoms with Crippen molar-refractivity contribution in [2.75, 3.05) is 13.7 Å². The van der Waals surface area contributed by atoms with E-state index in [1.54, 1.807) is 13.2 Å². The predicted octanol–water partition coefficient (Wildman–Crippen LogP) is 2.68. The smallest absolute Gasteiger partial charge is 0.160 e. The summed E-state index contributed by atoms with van der Waals surface area (Å²) in [6.07, 6.45) is 5.53. The normalized spacial score (nSPS) is 15.6. The molecule has 1 aromatic carbocycles. The fourth-order valence-electron chi connectivity index (χ4n) is 2.15. The van der Waals surface area contributed by atoms with E-state index in [4.69, 9.17) is 4.74 Å². The highest BCUT2D eigenvalue weighted by Crippen LogP contribution is 2.29. The van der Waals surface area contributed by atoms with Crippen LogP contribution in [0.15, 0.2) is 18.2 Å². The second-order valence-corrected chi connectivity index (χ2v) is 4.77. The van der Waals surface area contributed by atoms with E-state index in [1.807, 2.05) is 12.1 Å². The third kappa shape index (κ3) is 3.37. The van der Waals surface area contributed by atoms with Crippen LogP contribution in [-0.4, -0.2) is 18.8 Å². The molecule has 0 amide bonds. The summed E-state index contributed by atoms with van der Waals surface area (Å²) in [5, 5.41) is 12.9. The van der Waals surface area contributed by atoms with E-state index in [9.17, 15) is 5.11 Å². The lowest BCUT2D eigenvalue weighted by molar-refractivity contribution is 0.292. The molecular weight excluding hydrogens is 214 g/mol. The highest BCUT2D eigenvalue weighted by molar-refractivity contribution is 5.41. The molecule has 0 heterocycles. The Morgan fingerprint density at radius 2 is 2.24 bits per heavy atom.